The third kappa shape index (κ3) is 6.10. The Morgan fingerprint density at radius 2 is 1.91 bits per heavy atom. The van der Waals surface area contributed by atoms with Crippen LogP contribution in [0.5, 0.6) is 0 Å². The van der Waals surface area contributed by atoms with Gasteiger partial charge in [-0.05, 0) is 37.6 Å². The zero-order valence-corrected chi connectivity index (χ0v) is 13.4. The number of benzene rings is 1. The Labute approximate surface area is 135 Å². The number of carboxylic acids is 1. The maximum absolute atomic E-state index is 12.0. The van der Waals surface area contributed by atoms with Crippen molar-refractivity contribution in [1.82, 2.24) is 10.0 Å². The van der Waals surface area contributed by atoms with Gasteiger partial charge in [0.25, 0.3) is 5.91 Å². The Bertz CT molecular complexity index is 704. The zero-order valence-electron chi connectivity index (χ0n) is 12.6. The molecule has 7 nitrogen and oxygen atoms in total. The van der Waals surface area contributed by atoms with Gasteiger partial charge in [0, 0.05) is 18.0 Å². The molecule has 1 amide bonds. The fraction of sp³-hybridized carbons (Fsp3) is 0.333. The van der Waals surface area contributed by atoms with Crippen molar-refractivity contribution < 1.29 is 23.1 Å². The Morgan fingerprint density at radius 3 is 2.43 bits per heavy atom. The van der Waals surface area contributed by atoms with Gasteiger partial charge in [-0.15, -0.1) is 6.42 Å². The number of rotatable bonds is 8. The smallest absolute Gasteiger partial charge is 0.303 e. The van der Waals surface area contributed by atoms with Crippen LogP contribution in [0.4, 0.5) is 0 Å². The van der Waals surface area contributed by atoms with E-state index in [4.69, 9.17) is 11.5 Å². The zero-order chi connectivity index (χ0) is 17.5. The van der Waals surface area contributed by atoms with Crippen molar-refractivity contribution in [3.05, 3.63) is 29.8 Å². The minimum atomic E-state index is -3.70. The van der Waals surface area contributed by atoms with Crippen LogP contribution in [0, 0.1) is 12.3 Å². The number of carbonyl (C=O) groups is 2. The van der Waals surface area contributed by atoms with Crippen molar-refractivity contribution in [3.63, 3.8) is 0 Å². The molecule has 0 fully saturated rings. The van der Waals surface area contributed by atoms with E-state index < -0.39 is 21.9 Å². The SMILES string of the molecule is C#CCNS(=O)(=O)c1ccc(C(=O)NC(C)CCC(=O)O)cc1. The van der Waals surface area contributed by atoms with Crippen molar-refractivity contribution in [1.29, 1.82) is 0 Å². The molecular weight excluding hydrogens is 320 g/mol. The summed E-state index contributed by atoms with van der Waals surface area (Å²) in [5, 5.41) is 11.2. The summed E-state index contributed by atoms with van der Waals surface area (Å²) in [6, 6.07) is 5.05. The molecule has 1 atom stereocenters. The number of hydrogen-bond donors (Lipinski definition) is 3. The number of carboxylic acid groups (broad SMARTS) is 1. The van der Waals surface area contributed by atoms with E-state index in [1.807, 2.05) is 0 Å². The number of sulfonamides is 1. The number of carbonyl (C=O) groups excluding carboxylic acids is 1. The predicted octanol–water partition coefficient (Wildman–Crippen LogP) is 0.581. The molecule has 1 unspecified atom stereocenters. The molecule has 124 valence electrons. The standard InChI is InChI=1S/C15H18N2O5S/c1-3-10-16-23(21,22)13-7-5-12(6-8-13)15(20)17-11(2)4-9-14(18)19/h1,5-8,11,16H,4,9-10H2,2H3,(H,17,20)(H,18,19). The van der Waals surface area contributed by atoms with Gasteiger partial charge < -0.3 is 10.4 Å². The molecule has 0 bridgehead atoms. The summed E-state index contributed by atoms with van der Waals surface area (Å²) < 4.78 is 25.9. The minimum Gasteiger partial charge on any atom is -0.481 e. The van der Waals surface area contributed by atoms with Gasteiger partial charge in [-0.3, -0.25) is 9.59 Å². The lowest BCUT2D eigenvalue weighted by Crippen LogP contribution is -2.33. The summed E-state index contributed by atoms with van der Waals surface area (Å²) in [6.45, 7) is 1.58. The molecule has 0 aliphatic heterocycles. The minimum absolute atomic E-state index is 0.00299. The van der Waals surface area contributed by atoms with Gasteiger partial charge >= 0.3 is 5.97 Å². The summed E-state index contributed by atoms with van der Waals surface area (Å²) in [7, 11) is -3.70. The monoisotopic (exact) mass is 338 g/mol. The third-order valence-corrected chi connectivity index (χ3v) is 4.38. The van der Waals surface area contributed by atoms with Crippen LogP contribution in [-0.2, 0) is 14.8 Å². The first-order valence-corrected chi connectivity index (χ1v) is 8.30. The van der Waals surface area contributed by atoms with E-state index in [1.54, 1.807) is 6.92 Å². The Kier molecular flexibility index (Phi) is 6.75. The topological polar surface area (TPSA) is 113 Å². The molecule has 0 radical (unpaired) electrons. The quantitative estimate of drug-likeness (QED) is 0.600. The average Bonchev–Trinajstić information content (AvgIpc) is 2.51. The van der Waals surface area contributed by atoms with Crippen LogP contribution < -0.4 is 10.0 Å². The number of aliphatic carboxylic acids is 1. The lowest BCUT2D eigenvalue weighted by atomic mass is 10.1. The van der Waals surface area contributed by atoms with E-state index in [2.05, 4.69) is 16.0 Å². The molecule has 1 rings (SSSR count). The van der Waals surface area contributed by atoms with Gasteiger partial charge in [-0.2, -0.15) is 4.72 Å². The van der Waals surface area contributed by atoms with Crippen molar-refractivity contribution in [2.45, 2.75) is 30.7 Å². The molecule has 0 heterocycles. The van der Waals surface area contributed by atoms with Crippen LogP contribution in [0.2, 0.25) is 0 Å². The summed E-state index contributed by atoms with van der Waals surface area (Å²) in [4.78, 5) is 22.5. The number of hydrogen-bond acceptors (Lipinski definition) is 4. The third-order valence-electron chi connectivity index (χ3n) is 2.96. The molecule has 8 heteroatoms. The van der Waals surface area contributed by atoms with Gasteiger partial charge in [0.2, 0.25) is 10.0 Å². The molecule has 0 saturated carbocycles. The summed E-state index contributed by atoms with van der Waals surface area (Å²) in [5.41, 5.74) is 0.281. The van der Waals surface area contributed by atoms with Crippen LogP contribution >= 0.6 is 0 Å². The Morgan fingerprint density at radius 1 is 1.30 bits per heavy atom. The maximum Gasteiger partial charge on any atom is 0.303 e. The second-order valence-corrected chi connectivity index (χ2v) is 6.63. The van der Waals surface area contributed by atoms with Crippen LogP contribution in [-0.4, -0.2) is 38.0 Å². The van der Waals surface area contributed by atoms with Crippen LogP contribution in [0.3, 0.4) is 0 Å². The summed E-state index contributed by atoms with van der Waals surface area (Å²) >= 11 is 0. The average molecular weight is 338 g/mol. The van der Waals surface area contributed by atoms with E-state index in [0.717, 1.165) is 0 Å². The number of terminal acetylenes is 1. The van der Waals surface area contributed by atoms with Crippen molar-refractivity contribution in [3.8, 4) is 12.3 Å². The van der Waals surface area contributed by atoms with Crippen molar-refractivity contribution in [2.75, 3.05) is 6.54 Å². The van der Waals surface area contributed by atoms with Crippen LogP contribution in [0.1, 0.15) is 30.1 Å². The highest BCUT2D eigenvalue weighted by atomic mass is 32.2. The lowest BCUT2D eigenvalue weighted by Gasteiger charge is -2.13. The van der Waals surface area contributed by atoms with Crippen LogP contribution in [0.15, 0.2) is 29.2 Å². The molecule has 0 aliphatic rings. The second kappa shape index (κ2) is 8.31. The predicted molar refractivity (Wildman–Crippen MR) is 84.3 cm³/mol. The molecule has 23 heavy (non-hydrogen) atoms. The largest absolute Gasteiger partial charge is 0.481 e. The first kappa shape index (κ1) is 18.7. The normalized spacial score (nSPS) is 12.2. The first-order chi connectivity index (χ1) is 10.8. The molecule has 1 aromatic carbocycles. The number of nitrogens with one attached hydrogen (secondary N) is 2. The highest BCUT2D eigenvalue weighted by Crippen LogP contribution is 2.11. The first-order valence-electron chi connectivity index (χ1n) is 6.82. The van der Waals surface area contributed by atoms with E-state index in [-0.39, 0.29) is 29.5 Å². The van der Waals surface area contributed by atoms with Crippen LogP contribution in [0.25, 0.3) is 0 Å². The maximum atomic E-state index is 12.0. The summed E-state index contributed by atoms with van der Waals surface area (Å²) in [5.74, 6) is 0.838. The Hall–Kier alpha value is -2.37. The molecule has 1 aromatic rings. The molecule has 3 N–H and O–H groups in total. The molecule has 0 aromatic heterocycles. The molecular formula is C15H18N2O5S. The fourth-order valence-corrected chi connectivity index (χ4v) is 2.66. The number of amides is 1. The van der Waals surface area contributed by atoms with Gasteiger partial charge in [-0.25, -0.2) is 8.42 Å². The van der Waals surface area contributed by atoms with Crippen molar-refractivity contribution >= 4 is 21.9 Å². The Balaban J connectivity index is 2.71. The molecule has 0 aliphatic carbocycles. The second-order valence-electron chi connectivity index (χ2n) is 4.86. The van der Waals surface area contributed by atoms with E-state index >= 15 is 0 Å². The van der Waals surface area contributed by atoms with Crippen molar-refractivity contribution in [2.24, 2.45) is 0 Å². The summed E-state index contributed by atoms with van der Waals surface area (Å²) in [6.07, 6.45) is 5.27. The lowest BCUT2D eigenvalue weighted by molar-refractivity contribution is -0.137. The molecule has 0 spiro atoms. The fourth-order valence-electron chi connectivity index (χ4n) is 1.72. The highest BCUT2D eigenvalue weighted by Gasteiger charge is 2.15. The van der Waals surface area contributed by atoms with E-state index in [1.165, 1.54) is 24.3 Å². The van der Waals surface area contributed by atoms with E-state index in [0.29, 0.717) is 6.42 Å². The van der Waals surface area contributed by atoms with E-state index in [9.17, 15) is 18.0 Å². The van der Waals surface area contributed by atoms with Gasteiger partial charge in [-0.1, -0.05) is 5.92 Å². The van der Waals surface area contributed by atoms with Gasteiger partial charge in [0.15, 0.2) is 0 Å². The molecule has 0 saturated heterocycles. The highest BCUT2D eigenvalue weighted by molar-refractivity contribution is 7.89. The van der Waals surface area contributed by atoms with Gasteiger partial charge in [0.1, 0.15) is 0 Å². The van der Waals surface area contributed by atoms with Gasteiger partial charge in [0.05, 0.1) is 11.4 Å².